The van der Waals surface area contributed by atoms with E-state index in [1.807, 2.05) is 0 Å². The first-order valence-corrected chi connectivity index (χ1v) is 7.29. The Kier molecular flexibility index (Phi) is 5.38. The molecule has 0 aliphatic carbocycles. The second kappa shape index (κ2) is 7.26. The molecule has 2 N–H and O–H groups in total. The SMILES string of the molecule is Cc1cc(C(=O)NCC2CCOC2)cc(C)c1OCC(=O)O. The van der Waals surface area contributed by atoms with Crippen molar-refractivity contribution in [2.45, 2.75) is 20.3 Å². The summed E-state index contributed by atoms with van der Waals surface area (Å²) in [7, 11) is 0. The quantitative estimate of drug-likeness (QED) is 0.832. The lowest BCUT2D eigenvalue weighted by atomic mass is 10.0. The van der Waals surface area contributed by atoms with E-state index in [1.54, 1.807) is 26.0 Å². The molecule has 1 heterocycles. The van der Waals surface area contributed by atoms with Crippen molar-refractivity contribution < 1.29 is 24.2 Å². The molecule has 0 saturated carbocycles. The average Bonchev–Trinajstić information content (AvgIpc) is 2.96. The number of aryl methyl sites for hydroxylation is 2. The normalized spacial score (nSPS) is 17.3. The highest BCUT2D eigenvalue weighted by atomic mass is 16.5. The Balaban J connectivity index is 2.01. The van der Waals surface area contributed by atoms with Gasteiger partial charge >= 0.3 is 5.97 Å². The summed E-state index contributed by atoms with van der Waals surface area (Å²) in [5, 5.41) is 11.6. The molecule has 22 heavy (non-hydrogen) atoms. The Morgan fingerprint density at radius 3 is 2.59 bits per heavy atom. The Hall–Kier alpha value is -2.08. The Morgan fingerprint density at radius 2 is 2.05 bits per heavy atom. The highest BCUT2D eigenvalue weighted by Crippen LogP contribution is 2.25. The van der Waals surface area contributed by atoms with E-state index in [2.05, 4.69) is 5.32 Å². The molecule has 0 radical (unpaired) electrons. The molecular weight excluding hydrogens is 286 g/mol. The molecule has 1 atom stereocenters. The zero-order valence-corrected chi connectivity index (χ0v) is 12.8. The van der Waals surface area contributed by atoms with Gasteiger partial charge in [-0.3, -0.25) is 4.79 Å². The third kappa shape index (κ3) is 4.21. The standard InChI is InChI=1S/C16H21NO5/c1-10-5-13(6-11(2)15(10)22-9-14(18)19)16(20)17-7-12-3-4-21-8-12/h5-6,12H,3-4,7-9H2,1-2H3,(H,17,20)(H,18,19). The van der Waals surface area contributed by atoms with E-state index in [4.69, 9.17) is 14.6 Å². The van der Waals surface area contributed by atoms with Crippen molar-refractivity contribution in [1.82, 2.24) is 5.32 Å². The lowest BCUT2D eigenvalue weighted by Gasteiger charge is -2.14. The van der Waals surface area contributed by atoms with Crippen LogP contribution in [0.3, 0.4) is 0 Å². The third-order valence-electron chi connectivity index (χ3n) is 3.64. The van der Waals surface area contributed by atoms with Crippen LogP contribution in [0, 0.1) is 19.8 Å². The summed E-state index contributed by atoms with van der Waals surface area (Å²) in [6.45, 7) is 5.26. The molecule has 0 aromatic heterocycles. The van der Waals surface area contributed by atoms with Gasteiger partial charge in [0.15, 0.2) is 6.61 Å². The van der Waals surface area contributed by atoms with Crippen molar-refractivity contribution in [3.8, 4) is 5.75 Å². The van der Waals surface area contributed by atoms with Crippen molar-refractivity contribution in [3.63, 3.8) is 0 Å². The van der Waals surface area contributed by atoms with Crippen molar-refractivity contribution >= 4 is 11.9 Å². The van der Waals surface area contributed by atoms with E-state index in [0.717, 1.165) is 24.2 Å². The number of hydrogen-bond donors (Lipinski definition) is 2. The number of carboxylic acid groups (broad SMARTS) is 1. The summed E-state index contributed by atoms with van der Waals surface area (Å²) in [6, 6.07) is 3.43. The summed E-state index contributed by atoms with van der Waals surface area (Å²) in [6.07, 6.45) is 0.973. The lowest BCUT2D eigenvalue weighted by Crippen LogP contribution is -2.29. The van der Waals surface area contributed by atoms with Gasteiger partial charge in [-0.1, -0.05) is 0 Å². The van der Waals surface area contributed by atoms with Gasteiger partial charge < -0.3 is 19.9 Å². The van der Waals surface area contributed by atoms with Crippen LogP contribution in [0.2, 0.25) is 0 Å². The molecule has 0 bridgehead atoms. The minimum Gasteiger partial charge on any atom is -0.481 e. The van der Waals surface area contributed by atoms with Crippen molar-refractivity contribution in [2.75, 3.05) is 26.4 Å². The van der Waals surface area contributed by atoms with E-state index in [9.17, 15) is 9.59 Å². The number of rotatable bonds is 6. The third-order valence-corrected chi connectivity index (χ3v) is 3.64. The van der Waals surface area contributed by atoms with Crippen LogP contribution in [-0.2, 0) is 9.53 Å². The number of carbonyl (C=O) groups is 2. The van der Waals surface area contributed by atoms with Crippen LogP contribution in [0.25, 0.3) is 0 Å². The van der Waals surface area contributed by atoms with Crippen LogP contribution in [0.15, 0.2) is 12.1 Å². The lowest BCUT2D eigenvalue weighted by molar-refractivity contribution is -0.139. The fourth-order valence-electron chi connectivity index (χ4n) is 2.53. The molecule has 1 fully saturated rings. The Morgan fingerprint density at radius 1 is 1.36 bits per heavy atom. The topological polar surface area (TPSA) is 84.9 Å². The Labute approximate surface area is 129 Å². The number of ether oxygens (including phenoxy) is 2. The molecule has 120 valence electrons. The molecule has 1 unspecified atom stereocenters. The number of carbonyl (C=O) groups excluding carboxylic acids is 1. The van der Waals surface area contributed by atoms with Gasteiger partial charge in [0.2, 0.25) is 0 Å². The predicted molar refractivity (Wildman–Crippen MR) is 80.3 cm³/mol. The highest BCUT2D eigenvalue weighted by Gasteiger charge is 2.18. The second-order valence-electron chi connectivity index (χ2n) is 5.56. The monoisotopic (exact) mass is 307 g/mol. The van der Waals surface area contributed by atoms with Gasteiger partial charge in [-0.15, -0.1) is 0 Å². The zero-order chi connectivity index (χ0) is 16.1. The maximum atomic E-state index is 12.2. The van der Waals surface area contributed by atoms with Gasteiger partial charge in [-0.25, -0.2) is 4.79 Å². The van der Waals surface area contributed by atoms with Crippen molar-refractivity contribution in [3.05, 3.63) is 28.8 Å². The minimum absolute atomic E-state index is 0.136. The fraction of sp³-hybridized carbons (Fsp3) is 0.500. The number of benzene rings is 1. The van der Waals surface area contributed by atoms with E-state index in [-0.39, 0.29) is 5.91 Å². The maximum Gasteiger partial charge on any atom is 0.341 e. The molecule has 1 aromatic carbocycles. The zero-order valence-electron chi connectivity index (χ0n) is 12.8. The molecule has 6 nitrogen and oxygen atoms in total. The number of hydrogen-bond acceptors (Lipinski definition) is 4. The molecule has 1 saturated heterocycles. The molecule has 2 rings (SSSR count). The largest absolute Gasteiger partial charge is 0.481 e. The van der Waals surface area contributed by atoms with Gasteiger partial charge in [0.25, 0.3) is 5.91 Å². The van der Waals surface area contributed by atoms with Crippen LogP contribution in [-0.4, -0.2) is 43.3 Å². The summed E-state index contributed by atoms with van der Waals surface area (Å²) >= 11 is 0. The van der Waals surface area contributed by atoms with E-state index >= 15 is 0 Å². The summed E-state index contributed by atoms with van der Waals surface area (Å²) in [5.41, 5.74) is 2.04. The molecule has 1 aliphatic heterocycles. The summed E-state index contributed by atoms with van der Waals surface area (Å²) in [4.78, 5) is 22.8. The van der Waals surface area contributed by atoms with Crippen LogP contribution in [0.1, 0.15) is 27.9 Å². The molecule has 1 aliphatic rings. The number of amides is 1. The smallest absolute Gasteiger partial charge is 0.341 e. The minimum atomic E-state index is -1.03. The average molecular weight is 307 g/mol. The van der Waals surface area contributed by atoms with Crippen molar-refractivity contribution in [1.29, 1.82) is 0 Å². The van der Waals surface area contributed by atoms with Crippen LogP contribution < -0.4 is 10.1 Å². The first kappa shape index (κ1) is 16.3. The summed E-state index contributed by atoms with van der Waals surface area (Å²) in [5.74, 6) is -0.269. The molecule has 0 spiro atoms. The maximum absolute atomic E-state index is 12.2. The van der Waals surface area contributed by atoms with E-state index in [0.29, 0.717) is 30.4 Å². The summed E-state index contributed by atoms with van der Waals surface area (Å²) < 4.78 is 10.5. The number of carboxylic acids is 1. The Bertz CT molecular complexity index is 541. The van der Waals surface area contributed by atoms with Gasteiger partial charge in [-0.05, 0) is 43.5 Å². The van der Waals surface area contributed by atoms with E-state index in [1.165, 1.54) is 0 Å². The first-order chi connectivity index (χ1) is 10.5. The van der Waals surface area contributed by atoms with Gasteiger partial charge in [-0.2, -0.15) is 0 Å². The first-order valence-electron chi connectivity index (χ1n) is 7.29. The van der Waals surface area contributed by atoms with Crippen LogP contribution in [0.5, 0.6) is 5.75 Å². The van der Waals surface area contributed by atoms with Crippen molar-refractivity contribution in [2.24, 2.45) is 5.92 Å². The number of aliphatic carboxylic acids is 1. The van der Waals surface area contributed by atoms with Crippen LogP contribution >= 0.6 is 0 Å². The fourth-order valence-corrected chi connectivity index (χ4v) is 2.53. The van der Waals surface area contributed by atoms with Gasteiger partial charge in [0.1, 0.15) is 5.75 Å². The second-order valence-corrected chi connectivity index (χ2v) is 5.56. The van der Waals surface area contributed by atoms with Gasteiger partial charge in [0, 0.05) is 24.6 Å². The van der Waals surface area contributed by atoms with Crippen LogP contribution in [0.4, 0.5) is 0 Å². The molecular formula is C16H21NO5. The molecule has 1 aromatic rings. The number of nitrogens with one attached hydrogen (secondary N) is 1. The molecule has 6 heteroatoms. The highest BCUT2D eigenvalue weighted by molar-refractivity contribution is 5.94. The molecule has 1 amide bonds. The predicted octanol–water partition coefficient (Wildman–Crippen LogP) is 1.53. The van der Waals surface area contributed by atoms with Gasteiger partial charge in [0.05, 0.1) is 6.61 Å². The van der Waals surface area contributed by atoms with E-state index < -0.39 is 12.6 Å².